The number of hydrogen-bond donors (Lipinski definition) is 2. The summed E-state index contributed by atoms with van der Waals surface area (Å²) in [5.74, 6) is 0.0595. The number of rotatable bonds is 4. The second kappa shape index (κ2) is 6.76. The molecule has 21 heavy (non-hydrogen) atoms. The van der Waals surface area contributed by atoms with Crippen molar-refractivity contribution < 1.29 is 9.53 Å². The van der Waals surface area contributed by atoms with E-state index in [9.17, 15) is 4.79 Å². The number of nitrogens with two attached hydrogens (primary N) is 1. The van der Waals surface area contributed by atoms with Gasteiger partial charge in [0.2, 0.25) is 0 Å². The third-order valence-electron chi connectivity index (χ3n) is 3.32. The Morgan fingerprint density at radius 1 is 1.33 bits per heavy atom. The number of carbonyl (C=O) groups is 1. The average molecular weight is 290 g/mol. The van der Waals surface area contributed by atoms with Gasteiger partial charge in [-0.1, -0.05) is 44.5 Å². The molecule has 1 unspecified atom stereocenters. The zero-order chi connectivity index (χ0) is 16.2. The molecule has 4 heteroatoms. The smallest absolute Gasteiger partial charge is 0.259 e. The number of benzene rings is 1. The van der Waals surface area contributed by atoms with Gasteiger partial charge in [-0.05, 0) is 36.5 Å². The van der Waals surface area contributed by atoms with Gasteiger partial charge in [0.25, 0.3) is 5.91 Å². The first-order valence-electron chi connectivity index (χ1n) is 7.06. The van der Waals surface area contributed by atoms with Crippen molar-refractivity contribution in [1.29, 1.82) is 0 Å². The molecule has 3 N–H and O–H groups in total. The summed E-state index contributed by atoms with van der Waals surface area (Å²) in [6.07, 6.45) is 0.964. The summed E-state index contributed by atoms with van der Waals surface area (Å²) >= 11 is 0. The van der Waals surface area contributed by atoms with Crippen LogP contribution in [0, 0.1) is 6.92 Å². The minimum absolute atomic E-state index is 0.0118. The monoisotopic (exact) mass is 290 g/mol. The number of allylic oxidation sites excluding steroid dienone is 1. The summed E-state index contributed by atoms with van der Waals surface area (Å²) in [7, 11) is 1.52. The molecule has 1 amide bonds. The standard InChI is InChI=1S/C17H26N2O2/c1-7-14(18)19-16(20)15(21-6)12-8-11(2)9-13(10-12)17(3,4)5/h7-10,15H,18H2,1-6H3,(H,19,20). The molecule has 0 fully saturated rings. The van der Waals surface area contributed by atoms with E-state index in [0.717, 1.165) is 11.1 Å². The van der Waals surface area contributed by atoms with E-state index in [4.69, 9.17) is 10.5 Å². The minimum Gasteiger partial charge on any atom is -0.385 e. The van der Waals surface area contributed by atoms with Gasteiger partial charge < -0.3 is 15.8 Å². The molecule has 0 heterocycles. The molecule has 0 aromatic heterocycles. The molecular weight excluding hydrogens is 264 g/mol. The van der Waals surface area contributed by atoms with E-state index in [1.165, 1.54) is 12.7 Å². The zero-order valence-corrected chi connectivity index (χ0v) is 13.8. The predicted octanol–water partition coefficient (Wildman–Crippen LogP) is 2.92. The van der Waals surface area contributed by atoms with Gasteiger partial charge in [0.15, 0.2) is 6.10 Å². The Morgan fingerprint density at radius 2 is 1.95 bits per heavy atom. The topological polar surface area (TPSA) is 64.3 Å². The number of hydrogen-bond acceptors (Lipinski definition) is 3. The second-order valence-electron chi connectivity index (χ2n) is 6.23. The summed E-state index contributed by atoms with van der Waals surface area (Å²) in [4.78, 5) is 12.3. The molecule has 0 aliphatic heterocycles. The fraction of sp³-hybridized carbons (Fsp3) is 0.471. The van der Waals surface area contributed by atoms with Crippen molar-refractivity contribution in [2.45, 2.75) is 46.1 Å². The van der Waals surface area contributed by atoms with Gasteiger partial charge in [-0.25, -0.2) is 0 Å². The van der Waals surface area contributed by atoms with E-state index in [2.05, 4.69) is 32.2 Å². The fourth-order valence-corrected chi connectivity index (χ4v) is 2.07. The number of nitrogens with one attached hydrogen (secondary N) is 1. The van der Waals surface area contributed by atoms with Crippen molar-refractivity contribution >= 4 is 5.91 Å². The van der Waals surface area contributed by atoms with Gasteiger partial charge in [-0.2, -0.15) is 0 Å². The lowest BCUT2D eigenvalue weighted by Crippen LogP contribution is -2.33. The van der Waals surface area contributed by atoms with Gasteiger partial charge in [0.05, 0.1) is 5.82 Å². The molecule has 1 rings (SSSR count). The van der Waals surface area contributed by atoms with Gasteiger partial charge in [-0.3, -0.25) is 4.79 Å². The van der Waals surface area contributed by atoms with Crippen LogP contribution in [0.2, 0.25) is 0 Å². The van der Waals surface area contributed by atoms with Crippen LogP contribution in [0.4, 0.5) is 0 Å². The summed E-state index contributed by atoms with van der Waals surface area (Å²) in [6.45, 7) is 10.2. The van der Waals surface area contributed by atoms with E-state index in [0.29, 0.717) is 5.82 Å². The highest BCUT2D eigenvalue weighted by atomic mass is 16.5. The fourth-order valence-electron chi connectivity index (χ4n) is 2.07. The first-order chi connectivity index (χ1) is 9.68. The molecule has 0 aliphatic rings. The van der Waals surface area contributed by atoms with Gasteiger partial charge in [0.1, 0.15) is 0 Å². The van der Waals surface area contributed by atoms with E-state index in [1.807, 2.05) is 19.1 Å². The lowest BCUT2D eigenvalue weighted by Gasteiger charge is -2.23. The van der Waals surface area contributed by atoms with Crippen molar-refractivity contribution in [3.63, 3.8) is 0 Å². The highest BCUT2D eigenvalue weighted by Crippen LogP contribution is 2.28. The van der Waals surface area contributed by atoms with Crippen LogP contribution in [0.15, 0.2) is 30.1 Å². The Kier molecular flexibility index (Phi) is 5.55. The average Bonchev–Trinajstić information content (AvgIpc) is 2.37. The second-order valence-corrected chi connectivity index (χ2v) is 6.23. The molecule has 0 spiro atoms. The Balaban J connectivity index is 3.17. The lowest BCUT2D eigenvalue weighted by molar-refractivity contribution is -0.130. The maximum atomic E-state index is 12.3. The molecule has 1 aromatic rings. The van der Waals surface area contributed by atoms with E-state index >= 15 is 0 Å². The number of aryl methyl sites for hydroxylation is 1. The zero-order valence-electron chi connectivity index (χ0n) is 13.8. The molecule has 1 atom stereocenters. The molecular formula is C17H26N2O2. The minimum atomic E-state index is -0.676. The maximum Gasteiger partial charge on any atom is 0.259 e. The number of methoxy groups -OCH3 is 1. The van der Waals surface area contributed by atoms with Crippen molar-refractivity contribution in [3.05, 3.63) is 46.8 Å². The first kappa shape index (κ1) is 17.2. The molecule has 0 aliphatic carbocycles. The Hall–Kier alpha value is -1.81. The van der Waals surface area contributed by atoms with Crippen LogP contribution < -0.4 is 11.1 Å². The Bertz CT molecular complexity index is 542. The van der Waals surface area contributed by atoms with Crippen molar-refractivity contribution in [2.75, 3.05) is 7.11 Å². The molecule has 0 bridgehead atoms. The van der Waals surface area contributed by atoms with Crippen molar-refractivity contribution in [3.8, 4) is 0 Å². The highest BCUT2D eigenvalue weighted by Gasteiger charge is 2.23. The predicted molar refractivity (Wildman–Crippen MR) is 85.7 cm³/mol. The summed E-state index contributed by atoms with van der Waals surface area (Å²) in [5, 5.41) is 2.63. The Morgan fingerprint density at radius 3 is 2.43 bits per heavy atom. The SMILES string of the molecule is CC=C(N)NC(=O)C(OC)c1cc(C)cc(C(C)(C)C)c1. The normalized spacial score (nSPS) is 13.9. The van der Waals surface area contributed by atoms with Crippen molar-refractivity contribution in [1.82, 2.24) is 5.32 Å². The van der Waals surface area contributed by atoms with E-state index in [-0.39, 0.29) is 11.3 Å². The van der Waals surface area contributed by atoms with Crippen molar-refractivity contribution in [2.24, 2.45) is 5.73 Å². The van der Waals surface area contributed by atoms with Gasteiger partial charge in [-0.15, -0.1) is 0 Å². The van der Waals surface area contributed by atoms with Crippen LogP contribution in [-0.4, -0.2) is 13.0 Å². The third-order valence-corrected chi connectivity index (χ3v) is 3.32. The summed E-state index contributed by atoms with van der Waals surface area (Å²) < 4.78 is 5.37. The number of amides is 1. The quantitative estimate of drug-likeness (QED) is 0.896. The van der Waals surface area contributed by atoms with E-state index in [1.54, 1.807) is 13.0 Å². The van der Waals surface area contributed by atoms with Crippen LogP contribution in [0.1, 0.15) is 50.5 Å². The summed E-state index contributed by atoms with van der Waals surface area (Å²) in [6, 6.07) is 6.12. The number of carbonyl (C=O) groups excluding carboxylic acids is 1. The van der Waals surface area contributed by atoms with Crippen LogP contribution in [-0.2, 0) is 14.9 Å². The largest absolute Gasteiger partial charge is 0.385 e. The third kappa shape index (κ3) is 4.60. The first-order valence-corrected chi connectivity index (χ1v) is 7.06. The molecule has 116 valence electrons. The van der Waals surface area contributed by atoms with Crippen LogP contribution in [0.5, 0.6) is 0 Å². The molecule has 0 saturated carbocycles. The number of ether oxygens (including phenoxy) is 1. The van der Waals surface area contributed by atoms with E-state index < -0.39 is 6.10 Å². The van der Waals surface area contributed by atoms with Crippen LogP contribution in [0.3, 0.4) is 0 Å². The summed E-state index contributed by atoms with van der Waals surface area (Å²) in [5.41, 5.74) is 8.77. The van der Waals surface area contributed by atoms with Crippen LogP contribution >= 0.6 is 0 Å². The molecule has 0 radical (unpaired) electrons. The lowest BCUT2D eigenvalue weighted by atomic mass is 9.84. The Labute approximate surface area is 127 Å². The molecule has 1 aromatic carbocycles. The van der Waals surface area contributed by atoms with Gasteiger partial charge >= 0.3 is 0 Å². The highest BCUT2D eigenvalue weighted by molar-refractivity contribution is 5.83. The molecule has 4 nitrogen and oxygen atoms in total. The maximum absolute atomic E-state index is 12.3. The van der Waals surface area contributed by atoms with Crippen LogP contribution in [0.25, 0.3) is 0 Å². The van der Waals surface area contributed by atoms with Gasteiger partial charge in [0, 0.05) is 7.11 Å². The molecule has 0 saturated heterocycles.